The molecule has 0 aliphatic carbocycles. The van der Waals surface area contributed by atoms with Crippen molar-refractivity contribution in [2.45, 2.75) is 13.0 Å². The predicted molar refractivity (Wildman–Crippen MR) is 146 cm³/mol. The van der Waals surface area contributed by atoms with Crippen molar-refractivity contribution in [1.82, 2.24) is 20.0 Å². The lowest BCUT2D eigenvalue weighted by Gasteiger charge is -2.27. The molecular formula is C29H27ClFN5O3. The van der Waals surface area contributed by atoms with Gasteiger partial charge in [0.05, 0.1) is 29.1 Å². The quantitative estimate of drug-likeness (QED) is 0.327. The van der Waals surface area contributed by atoms with E-state index in [0.717, 1.165) is 12.0 Å². The van der Waals surface area contributed by atoms with E-state index in [9.17, 15) is 14.0 Å². The molecule has 2 aromatic heterocycles. The van der Waals surface area contributed by atoms with Crippen LogP contribution in [-0.4, -0.2) is 64.5 Å². The van der Waals surface area contributed by atoms with Crippen molar-refractivity contribution in [2.24, 2.45) is 0 Å². The van der Waals surface area contributed by atoms with E-state index in [2.05, 4.69) is 15.1 Å². The molecule has 4 aromatic rings. The molecule has 10 heteroatoms. The number of nitrogens with zero attached hydrogens (tertiary/aromatic N) is 5. The number of benzene rings is 2. The molecule has 0 unspecified atom stereocenters. The van der Waals surface area contributed by atoms with Gasteiger partial charge < -0.3 is 19.1 Å². The minimum atomic E-state index is -0.633. The average molecular weight is 548 g/mol. The maximum atomic E-state index is 14.4. The second-order valence-corrected chi connectivity index (χ2v) is 9.61. The molecule has 1 aliphatic heterocycles. The van der Waals surface area contributed by atoms with Gasteiger partial charge in [0.15, 0.2) is 5.82 Å². The van der Waals surface area contributed by atoms with Gasteiger partial charge in [-0.3, -0.25) is 9.59 Å². The van der Waals surface area contributed by atoms with Crippen molar-refractivity contribution < 1.29 is 18.4 Å². The van der Waals surface area contributed by atoms with Gasteiger partial charge in [0.1, 0.15) is 18.1 Å². The first-order valence-corrected chi connectivity index (χ1v) is 13.0. The lowest BCUT2D eigenvalue weighted by atomic mass is 10.1. The van der Waals surface area contributed by atoms with Gasteiger partial charge in [-0.15, -0.1) is 10.2 Å². The number of hydrogen-bond acceptors (Lipinski definition) is 6. The third kappa shape index (κ3) is 6.26. The summed E-state index contributed by atoms with van der Waals surface area (Å²) in [4.78, 5) is 31.7. The first-order chi connectivity index (χ1) is 19.0. The largest absolute Gasteiger partial charge is 0.467 e. The van der Waals surface area contributed by atoms with E-state index in [4.69, 9.17) is 16.0 Å². The second-order valence-electron chi connectivity index (χ2n) is 9.20. The summed E-state index contributed by atoms with van der Waals surface area (Å²) < 4.78 is 19.8. The van der Waals surface area contributed by atoms with Crippen molar-refractivity contribution in [3.8, 4) is 11.3 Å². The van der Waals surface area contributed by atoms with Crippen molar-refractivity contribution in [1.29, 1.82) is 0 Å². The summed E-state index contributed by atoms with van der Waals surface area (Å²) in [5, 5.41) is 9.37. The van der Waals surface area contributed by atoms with Crippen LogP contribution in [0.4, 0.5) is 10.2 Å². The number of amides is 2. The van der Waals surface area contributed by atoms with E-state index in [1.807, 2.05) is 36.4 Å². The van der Waals surface area contributed by atoms with E-state index in [0.29, 0.717) is 48.5 Å². The van der Waals surface area contributed by atoms with Crippen molar-refractivity contribution in [3.63, 3.8) is 0 Å². The Bertz CT molecular complexity index is 1430. The average Bonchev–Trinajstić information content (AvgIpc) is 3.34. The summed E-state index contributed by atoms with van der Waals surface area (Å²) in [6.07, 6.45) is 2.22. The highest BCUT2D eigenvalue weighted by Crippen LogP contribution is 2.26. The van der Waals surface area contributed by atoms with Gasteiger partial charge in [-0.05, 0) is 48.9 Å². The summed E-state index contributed by atoms with van der Waals surface area (Å²) >= 11 is 6.29. The van der Waals surface area contributed by atoms with Gasteiger partial charge in [0.2, 0.25) is 5.91 Å². The number of furan rings is 1. The Morgan fingerprint density at radius 1 is 0.923 bits per heavy atom. The molecule has 39 heavy (non-hydrogen) atoms. The van der Waals surface area contributed by atoms with Gasteiger partial charge in [0.25, 0.3) is 5.91 Å². The normalized spacial score (nSPS) is 13.7. The SMILES string of the molecule is O=C(CN(Cc1ccco1)C(=O)c1ccccc1F)N1CCCN(c2ccc(-c3ccccc3Cl)nn2)CC1. The van der Waals surface area contributed by atoms with E-state index in [-0.39, 0.29) is 24.6 Å². The van der Waals surface area contributed by atoms with Crippen LogP contribution >= 0.6 is 11.6 Å². The molecule has 1 saturated heterocycles. The predicted octanol–water partition coefficient (Wildman–Crippen LogP) is 4.91. The molecule has 200 valence electrons. The number of rotatable bonds is 7. The molecule has 0 saturated carbocycles. The number of carbonyl (C=O) groups excluding carboxylic acids is 2. The van der Waals surface area contributed by atoms with Gasteiger partial charge in [-0.2, -0.15) is 0 Å². The van der Waals surface area contributed by atoms with Crippen LogP contribution in [0.2, 0.25) is 5.02 Å². The number of aromatic nitrogens is 2. The van der Waals surface area contributed by atoms with Gasteiger partial charge in [-0.1, -0.05) is 41.9 Å². The van der Waals surface area contributed by atoms with Gasteiger partial charge in [0, 0.05) is 31.7 Å². The first kappa shape index (κ1) is 26.4. The number of anilines is 1. The zero-order chi connectivity index (χ0) is 27.2. The van der Waals surface area contributed by atoms with Crippen LogP contribution in [-0.2, 0) is 11.3 Å². The zero-order valence-electron chi connectivity index (χ0n) is 21.2. The van der Waals surface area contributed by atoms with Crippen LogP contribution in [0.25, 0.3) is 11.3 Å². The van der Waals surface area contributed by atoms with Gasteiger partial charge >= 0.3 is 0 Å². The van der Waals surface area contributed by atoms with E-state index in [1.165, 1.54) is 29.4 Å². The number of hydrogen-bond donors (Lipinski definition) is 0. The third-order valence-electron chi connectivity index (χ3n) is 6.62. The highest BCUT2D eigenvalue weighted by molar-refractivity contribution is 6.33. The Labute approximate surface area is 230 Å². The molecule has 3 heterocycles. The Hall–Kier alpha value is -4.24. The van der Waals surface area contributed by atoms with Crippen molar-refractivity contribution >= 4 is 29.2 Å². The lowest BCUT2D eigenvalue weighted by molar-refractivity contribution is -0.131. The third-order valence-corrected chi connectivity index (χ3v) is 6.95. The minimum Gasteiger partial charge on any atom is -0.467 e. The topological polar surface area (TPSA) is 82.8 Å². The molecule has 0 radical (unpaired) electrons. The second kappa shape index (κ2) is 12.1. The fourth-order valence-corrected chi connectivity index (χ4v) is 4.79. The molecule has 8 nitrogen and oxygen atoms in total. The molecular weight excluding hydrogens is 521 g/mol. The van der Waals surface area contributed by atoms with Crippen LogP contribution in [0.1, 0.15) is 22.5 Å². The molecule has 2 amide bonds. The zero-order valence-corrected chi connectivity index (χ0v) is 21.9. The van der Waals surface area contributed by atoms with Crippen LogP contribution in [0.3, 0.4) is 0 Å². The minimum absolute atomic E-state index is 0.0548. The molecule has 5 rings (SSSR count). The Morgan fingerprint density at radius 2 is 1.74 bits per heavy atom. The molecule has 1 aliphatic rings. The smallest absolute Gasteiger partial charge is 0.257 e. The highest BCUT2D eigenvalue weighted by atomic mass is 35.5. The number of halogens is 2. The summed E-state index contributed by atoms with van der Waals surface area (Å²) in [5.74, 6) is -0.189. The molecule has 0 N–H and O–H groups in total. The van der Waals surface area contributed by atoms with Gasteiger partial charge in [-0.25, -0.2) is 4.39 Å². The Morgan fingerprint density at radius 3 is 2.49 bits per heavy atom. The maximum absolute atomic E-state index is 14.4. The van der Waals surface area contributed by atoms with E-state index in [1.54, 1.807) is 23.1 Å². The summed E-state index contributed by atoms with van der Waals surface area (Å²) in [7, 11) is 0. The Kier molecular flexibility index (Phi) is 8.17. The molecule has 0 spiro atoms. The van der Waals surface area contributed by atoms with E-state index < -0.39 is 11.7 Å². The van der Waals surface area contributed by atoms with Crippen LogP contribution in [0.5, 0.6) is 0 Å². The van der Waals surface area contributed by atoms with E-state index >= 15 is 0 Å². The monoisotopic (exact) mass is 547 g/mol. The van der Waals surface area contributed by atoms with Crippen LogP contribution in [0.15, 0.2) is 83.5 Å². The fourth-order valence-electron chi connectivity index (χ4n) is 4.56. The van der Waals surface area contributed by atoms with Crippen molar-refractivity contribution in [3.05, 3.63) is 101 Å². The summed E-state index contributed by atoms with van der Waals surface area (Å²) in [6, 6.07) is 20.4. The fraction of sp³-hybridized carbons (Fsp3) is 0.241. The highest BCUT2D eigenvalue weighted by Gasteiger charge is 2.26. The molecule has 2 aromatic carbocycles. The molecule has 0 atom stereocenters. The standard InChI is InChI=1S/C29H27ClFN5O3/c30-24-10-3-1-8-22(24)26-12-13-27(33-32-26)34-14-6-15-35(17-16-34)28(37)20-36(19-21-7-5-18-39-21)29(38)23-9-2-4-11-25(23)31/h1-5,7-13,18H,6,14-17,19-20H2. The van der Waals surface area contributed by atoms with Crippen LogP contribution in [0, 0.1) is 5.82 Å². The summed E-state index contributed by atoms with van der Waals surface area (Å²) in [6.45, 7) is 2.11. The number of carbonyl (C=O) groups is 2. The maximum Gasteiger partial charge on any atom is 0.257 e. The summed E-state index contributed by atoms with van der Waals surface area (Å²) in [5.41, 5.74) is 1.42. The van der Waals surface area contributed by atoms with Crippen molar-refractivity contribution in [2.75, 3.05) is 37.6 Å². The van der Waals surface area contributed by atoms with Crippen LogP contribution < -0.4 is 4.90 Å². The first-order valence-electron chi connectivity index (χ1n) is 12.7. The Balaban J connectivity index is 1.25. The molecule has 0 bridgehead atoms. The lowest BCUT2D eigenvalue weighted by Crippen LogP contribution is -2.44. The molecule has 1 fully saturated rings.